The molecule has 242 valence electrons. The quantitative estimate of drug-likeness (QED) is 0.106. The second-order valence-corrected chi connectivity index (χ2v) is 11.7. The highest BCUT2D eigenvalue weighted by molar-refractivity contribution is 5.96. The number of amides is 1. The van der Waals surface area contributed by atoms with Gasteiger partial charge in [0.25, 0.3) is 5.91 Å². The fourth-order valence-electron chi connectivity index (χ4n) is 5.94. The summed E-state index contributed by atoms with van der Waals surface area (Å²) in [6.07, 6.45) is 10.6. The van der Waals surface area contributed by atoms with Gasteiger partial charge in [0, 0.05) is 72.9 Å². The van der Waals surface area contributed by atoms with Gasteiger partial charge in [0.2, 0.25) is 0 Å². The Kier molecular flexibility index (Phi) is 10.1. The van der Waals surface area contributed by atoms with E-state index in [2.05, 4.69) is 30.8 Å². The van der Waals surface area contributed by atoms with Crippen LogP contribution in [0.4, 0.5) is 21.6 Å². The molecule has 0 atom stereocenters. The minimum Gasteiger partial charge on any atom is -0.396 e. The molecule has 0 unspecified atom stereocenters. The monoisotopic (exact) mass is 634 g/mol. The Bertz CT molecular complexity index is 1850. The second kappa shape index (κ2) is 15.0. The standard InChI is InChI=1S/C36H39FN8O2/c37-28-6-4-25(5-7-28)21-40-33-10-8-29(18-27(33)20-38)43-35-31-19-30(9-11-34(31)41-24-42-35)45-22-26(12-17-46)32(23-45)36(47)39-13-16-44-14-2-1-3-15-44/h4-11,18-20,22-24,38,40,46H,1-3,12-17,21H2,(H,39,47)(H,41,42,43). The molecule has 0 spiro atoms. The first kappa shape index (κ1) is 31.8. The van der Waals surface area contributed by atoms with Gasteiger partial charge in [0.1, 0.15) is 18.0 Å². The van der Waals surface area contributed by atoms with Gasteiger partial charge in [-0.2, -0.15) is 0 Å². The van der Waals surface area contributed by atoms with Crippen molar-refractivity contribution in [3.63, 3.8) is 0 Å². The van der Waals surface area contributed by atoms with Gasteiger partial charge in [-0.25, -0.2) is 14.4 Å². The molecule has 6 rings (SSSR count). The Morgan fingerprint density at radius 2 is 1.83 bits per heavy atom. The molecule has 5 N–H and O–H groups in total. The summed E-state index contributed by atoms with van der Waals surface area (Å²) in [6, 6.07) is 17.8. The van der Waals surface area contributed by atoms with E-state index >= 15 is 0 Å². The molecule has 1 fully saturated rings. The molecule has 0 saturated carbocycles. The van der Waals surface area contributed by atoms with Gasteiger partial charge in [-0.1, -0.05) is 18.6 Å². The van der Waals surface area contributed by atoms with Gasteiger partial charge in [0.15, 0.2) is 0 Å². The summed E-state index contributed by atoms with van der Waals surface area (Å²) in [5.74, 6) is 0.172. The smallest absolute Gasteiger partial charge is 0.253 e. The van der Waals surface area contributed by atoms with Gasteiger partial charge in [0.05, 0.1) is 11.1 Å². The Morgan fingerprint density at radius 3 is 2.62 bits per heavy atom. The fourth-order valence-corrected chi connectivity index (χ4v) is 5.94. The van der Waals surface area contributed by atoms with Crippen molar-refractivity contribution in [1.29, 1.82) is 5.41 Å². The average molecular weight is 635 g/mol. The number of hydrogen-bond donors (Lipinski definition) is 5. The zero-order valence-corrected chi connectivity index (χ0v) is 26.2. The molecule has 5 aromatic rings. The maximum Gasteiger partial charge on any atom is 0.253 e. The van der Waals surface area contributed by atoms with Crippen molar-refractivity contribution < 1.29 is 14.3 Å². The molecule has 47 heavy (non-hydrogen) atoms. The van der Waals surface area contributed by atoms with Crippen LogP contribution in [0, 0.1) is 11.2 Å². The minimum absolute atomic E-state index is 0.0595. The topological polar surface area (TPSA) is 131 Å². The van der Waals surface area contributed by atoms with Crippen LogP contribution in [0.2, 0.25) is 0 Å². The summed E-state index contributed by atoms with van der Waals surface area (Å²) < 4.78 is 15.2. The fraction of sp³-hybridized carbons (Fsp3) is 0.278. The summed E-state index contributed by atoms with van der Waals surface area (Å²) >= 11 is 0. The predicted molar refractivity (Wildman–Crippen MR) is 184 cm³/mol. The Hall–Kier alpha value is -5.13. The van der Waals surface area contributed by atoms with Crippen LogP contribution in [0.3, 0.4) is 0 Å². The molecule has 3 heterocycles. The third-order valence-electron chi connectivity index (χ3n) is 8.48. The molecule has 3 aromatic carbocycles. The van der Waals surface area contributed by atoms with Crippen LogP contribution in [0.15, 0.2) is 79.4 Å². The van der Waals surface area contributed by atoms with E-state index in [9.17, 15) is 14.3 Å². The highest BCUT2D eigenvalue weighted by Crippen LogP contribution is 2.28. The molecule has 1 amide bonds. The van der Waals surface area contributed by atoms with E-state index in [1.54, 1.807) is 12.1 Å². The van der Waals surface area contributed by atoms with Gasteiger partial charge in [-0.05, 0) is 92.0 Å². The number of halogens is 1. The number of nitrogens with one attached hydrogen (secondary N) is 4. The molecule has 0 radical (unpaired) electrons. The summed E-state index contributed by atoms with van der Waals surface area (Å²) in [5.41, 5.74) is 6.03. The van der Waals surface area contributed by atoms with E-state index in [-0.39, 0.29) is 18.3 Å². The highest BCUT2D eigenvalue weighted by atomic mass is 19.1. The average Bonchev–Trinajstić information content (AvgIpc) is 3.53. The normalized spacial score (nSPS) is 13.4. The molecule has 1 saturated heterocycles. The SMILES string of the molecule is N=Cc1cc(Nc2ncnc3ccc(-n4cc(CCO)c(C(=O)NCCN5CCCCC5)c4)cc23)ccc1NCc1ccc(F)cc1. The third kappa shape index (κ3) is 7.82. The van der Waals surface area contributed by atoms with Crippen LogP contribution < -0.4 is 16.0 Å². The van der Waals surface area contributed by atoms with Crippen LogP contribution in [-0.4, -0.2) is 69.4 Å². The summed E-state index contributed by atoms with van der Waals surface area (Å²) in [7, 11) is 0. The van der Waals surface area contributed by atoms with E-state index in [0.717, 1.165) is 58.7 Å². The summed E-state index contributed by atoms with van der Waals surface area (Å²) in [4.78, 5) is 24.6. The van der Waals surface area contributed by atoms with Crippen molar-refractivity contribution in [3.8, 4) is 5.69 Å². The number of piperidine rings is 1. The largest absolute Gasteiger partial charge is 0.396 e. The number of aliphatic hydroxyl groups excluding tert-OH is 1. The van der Waals surface area contributed by atoms with Gasteiger partial charge >= 0.3 is 0 Å². The Morgan fingerprint density at radius 1 is 1.00 bits per heavy atom. The summed E-state index contributed by atoms with van der Waals surface area (Å²) in [6.45, 7) is 4.00. The van der Waals surface area contributed by atoms with Gasteiger partial charge in [-0.15, -0.1) is 0 Å². The van der Waals surface area contributed by atoms with Crippen LogP contribution >= 0.6 is 0 Å². The number of nitrogens with zero attached hydrogens (tertiary/aromatic N) is 4. The van der Waals surface area contributed by atoms with Crippen LogP contribution in [0.25, 0.3) is 16.6 Å². The highest BCUT2D eigenvalue weighted by Gasteiger charge is 2.17. The number of carbonyl (C=O) groups is 1. The first-order chi connectivity index (χ1) is 23.0. The molecule has 0 aliphatic carbocycles. The number of likely N-dealkylation sites (tertiary alicyclic amines) is 1. The lowest BCUT2D eigenvalue weighted by Gasteiger charge is -2.26. The number of rotatable bonds is 13. The van der Waals surface area contributed by atoms with E-state index in [4.69, 9.17) is 5.41 Å². The van der Waals surface area contributed by atoms with Crippen molar-refractivity contribution in [2.24, 2.45) is 0 Å². The van der Waals surface area contributed by atoms with E-state index in [1.807, 2.05) is 53.4 Å². The Balaban J connectivity index is 1.20. The van der Waals surface area contributed by atoms with Crippen LogP contribution in [0.5, 0.6) is 0 Å². The number of aliphatic hydroxyl groups is 1. The number of benzene rings is 3. The molecule has 1 aliphatic heterocycles. The molecular weight excluding hydrogens is 595 g/mol. The van der Waals surface area contributed by atoms with Crippen molar-refractivity contribution in [2.75, 3.05) is 43.4 Å². The van der Waals surface area contributed by atoms with E-state index in [1.165, 1.54) is 43.9 Å². The first-order valence-corrected chi connectivity index (χ1v) is 16.0. The molecule has 1 aliphatic rings. The molecule has 10 nitrogen and oxygen atoms in total. The minimum atomic E-state index is -0.278. The lowest BCUT2D eigenvalue weighted by atomic mass is 10.1. The number of fused-ring (bicyclic) bond motifs is 1. The van der Waals surface area contributed by atoms with Crippen molar-refractivity contribution in [3.05, 3.63) is 107 Å². The van der Waals surface area contributed by atoms with Gasteiger partial charge < -0.3 is 35.9 Å². The lowest BCUT2D eigenvalue weighted by Crippen LogP contribution is -2.37. The van der Waals surface area contributed by atoms with Crippen molar-refractivity contribution >= 4 is 40.2 Å². The van der Waals surface area contributed by atoms with E-state index in [0.29, 0.717) is 36.5 Å². The maximum atomic E-state index is 13.3. The molecular formula is C36H39FN8O2. The lowest BCUT2D eigenvalue weighted by molar-refractivity contribution is 0.0945. The number of carbonyl (C=O) groups excluding carboxylic acids is 1. The zero-order chi connectivity index (χ0) is 32.6. The van der Waals surface area contributed by atoms with Crippen LogP contribution in [0.1, 0.15) is 46.3 Å². The van der Waals surface area contributed by atoms with Crippen LogP contribution in [-0.2, 0) is 13.0 Å². The molecule has 2 aromatic heterocycles. The zero-order valence-electron chi connectivity index (χ0n) is 26.2. The molecule has 11 heteroatoms. The van der Waals surface area contributed by atoms with Crippen molar-refractivity contribution in [2.45, 2.75) is 32.2 Å². The third-order valence-corrected chi connectivity index (χ3v) is 8.48. The van der Waals surface area contributed by atoms with E-state index < -0.39 is 0 Å². The Labute approximate surface area is 273 Å². The van der Waals surface area contributed by atoms with Gasteiger partial charge in [-0.3, -0.25) is 4.79 Å². The predicted octanol–water partition coefficient (Wildman–Crippen LogP) is 5.66. The number of aromatic nitrogens is 3. The number of hydrogen-bond acceptors (Lipinski definition) is 8. The second-order valence-electron chi connectivity index (χ2n) is 11.7. The first-order valence-electron chi connectivity index (χ1n) is 16.0. The number of anilines is 3. The summed E-state index contributed by atoms with van der Waals surface area (Å²) in [5, 5.41) is 28.2. The van der Waals surface area contributed by atoms with Crippen molar-refractivity contribution in [1.82, 2.24) is 24.8 Å². The molecule has 0 bridgehead atoms. The maximum absolute atomic E-state index is 13.3.